The molecule has 25 heavy (non-hydrogen) atoms. The quantitative estimate of drug-likeness (QED) is 0.912. The van der Waals surface area contributed by atoms with Gasteiger partial charge in [-0.1, -0.05) is 31.7 Å². The Bertz CT molecular complexity index is 830. The van der Waals surface area contributed by atoms with Gasteiger partial charge in [0.05, 0.1) is 12.5 Å². The highest BCUT2D eigenvalue weighted by molar-refractivity contribution is 6.13. The van der Waals surface area contributed by atoms with Gasteiger partial charge in [-0.2, -0.15) is 0 Å². The van der Waals surface area contributed by atoms with Crippen LogP contribution in [0.5, 0.6) is 11.5 Å². The molecule has 2 aliphatic carbocycles. The third-order valence-corrected chi connectivity index (χ3v) is 5.58. The number of Topliss-reactive ketones (excluding diaryl/α,β-unsaturated/α-hetero) is 1. The molecule has 0 saturated heterocycles. The van der Waals surface area contributed by atoms with Gasteiger partial charge in [0.1, 0.15) is 11.5 Å². The van der Waals surface area contributed by atoms with E-state index in [1.165, 1.54) is 13.2 Å². The van der Waals surface area contributed by atoms with Gasteiger partial charge in [0.2, 0.25) is 0 Å². The third-order valence-electron chi connectivity index (χ3n) is 5.58. The minimum absolute atomic E-state index is 0.0432. The summed E-state index contributed by atoms with van der Waals surface area (Å²) in [6, 6.07) is 5.01. The van der Waals surface area contributed by atoms with E-state index in [1.54, 1.807) is 31.2 Å². The van der Waals surface area contributed by atoms with Crippen LogP contribution in [0, 0.1) is 11.3 Å². The van der Waals surface area contributed by atoms with E-state index >= 15 is 0 Å². The number of phenolic OH excluding ortho intramolecular Hbond substituents is 1. The number of carbonyl (C=O) groups is 2. The van der Waals surface area contributed by atoms with Gasteiger partial charge >= 0.3 is 0 Å². The van der Waals surface area contributed by atoms with Crippen LogP contribution in [0.4, 0.5) is 0 Å². The first-order valence-electron chi connectivity index (χ1n) is 8.31. The summed E-state index contributed by atoms with van der Waals surface area (Å²) in [4.78, 5) is 25.8. The molecule has 3 atom stereocenters. The van der Waals surface area contributed by atoms with Gasteiger partial charge in [-0.3, -0.25) is 9.59 Å². The Hall–Kier alpha value is -2.62. The van der Waals surface area contributed by atoms with Crippen LogP contribution in [-0.4, -0.2) is 23.8 Å². The zero-order valence-corrected chi connectivity index (χ0v) is 14.7. The van der Waals surface area contributed by atoms with Crippen LogP contribution < -0.4 is 4.74 Å². The molecule has 0 bridgehead atoms. The smallest absolute Gasteiger partial charge is 0.166 e. The second-order valence-electron chi connectivity index (χ2n) is 6.86. The van der Waals surface area contributed by atoms with E-state index in [9.17, 15) is 14.7 Å². The van der Waals surface area contributed by atoms with Crippen LogP contribution in [0.3, 0.4) is 0 Å². The summed E-state index contributed by atoms with van der Waals surface area (Å²) < 4.78 is 5.45. The molecular formula is C21H22O4. The van der Waals surface area contributed by atoms with E-state index in [0.29, 0.717) is 23.3 Å². The lowest BCUT2D eigenvalue weighted by molar-refractivity contribution is -0.137. The molecule has 0 heterocycles. The molecule has 0 aliphatic heterocycles. The molecule has 2 aliphatic rings. The minimum Gasteiger partial charge on any atom is -0.508 e. The Morgan fingerprint density at radius 1 is 1.36 bits per heavy atom. The van der Waals surface area contributed by atoms with Crippen LogP contribution >= 0.6 is 0 Å². The van der Waals surface area contributed by atoms with Crippen molar-refractivity contribution in [3.05, 3.63) is 59.7 Å². The molecule has 0 radical (unpaired) electrons. The van der Waals surface area contributed by atoms with Gasteiger partial charge in [0.15, 0.2) is 11.6 Å². The van der Waals surface area contributed by atoms with Gasteiger partial charge in [-0.15, -0.1) is 0 Å². The van der Waals surface area contributed by atoms with E-state index in [4.69, 9.17) is 4.74 Å². The second-order valence-corrected chi connectivity index (χ2v) is 6.86. The third kappa shape index (κ3) is 2.36. The Labute approximate surface area is 147 Å². The molecule has 1 aromatic carbocycles. The number of allylic oxidation sites excluding steroid dienone is 5. The zero-order chi connectivity index (χ0) is 18.4. The van der Waals surface area contributed by atoms with Gasteiger partial charge in [0, 0.05) is 17.4 Å². The maximum atomic E-state index is 13.2. The fourth-order valence-corrected chi connectivity index (χ4v) is 4.34. The van der Waals surface area contributed by atoms with E-state index in [2.05, 4.69) is 6.58 Å². The topological polar surface area (TPSA) is 63.6 Å². The van der Waals surface area contributed by atoms with Crippen LogP contribution in [0.1, 0.15) is 31.7 Å². The zero-order valence-electron chi connectivity index (χ0n) is 14.7. The van der Waals surface area contributed by atoms with E-state index < -0.39 is 17.3 Å². The first-order chi connectivity index (χ1) is 11.9. The molecule has 3 rings (SSSR count). The first kappa shape index (κ1) is 17.2. The van der Waals surface area contributed by atoms with Crippen LogP contribution in [0.25, 0.3) is 0 Å². The van der Waals surface area contributed by atoms with Crippen molar-refractivity contribution in [1.82, 2.24) is 0 Å². The van der Waals surface area contributed by atoms with E-state index in [-0.39, 0.29) is 17.3 Å². The van der Waals surface area contributed by atoms with Crippen molar-refractivity contribution in [3.8, 4) is 11.5 Å². The number of ether oxygens (including phenoxy) is 1. The Kier molecular flexibility index (Phi) is 4.15. The summed E-state index contributed by atoms with van der Waals surface area (Å²) >= 11 is 0. The second kappa shape index (κ2) is 6.03. The maximum absolute atomic E-state index is 13.2. The minimum atomic E-state index is -0.986. The first-order valence-corrected chi connectivity index (χ1v) is 8.31. The number of carbonyl (C=O) groups excluding carboxylic acids is 2. The number of aromatic hydroxyl groups is 1. The lowest BCUT2D eigenvalue weighted by Crippen LogP contribution is -2.49. The lowest BCUT2D eigenvalue weighted by atomic mass is 9.53. The van der Waals surface area contributed by atoms with Crippen LogP contribution in [0.15, 0.2) is 54.2 Å². The predicted molar refractivity (Wildman–Crippen MR) is 95.7 cm³/mol. The van der Waals surface area contributed by atoms with Crippen molar-refractivity contribution in [3.63, 3.8) is 0 Å². The molecule has 130 valence electrons. The SMILES string of the molecule is C=CC1=CCC2C(=O)C=C(C)C(=O)C2(C)C1c1c(O)cccc1OC. The normalized spacial score (nSPS) is 28.8. The molecule has 3 unspecified atom stereocenters. The van der Waals surface area contributed by atoms with Crippen molar-refractivity contribution < 1.29 is 19.4 Å². The average molecular weight is 338 g/mol. The van der Waals surface area contributed by atoms with E-state index in [0.717, 1.165) is 5.57 Å². The number of ketones is 2. The number of methoxy groups -OCH3 is 1. The summed E-state index contributed by atoms with van der Waals surface area (Å²) in [7, 11) is 1.53. The molecule has 1 aromatic rings. The average Bonchev–Trinajstić information content (AvgIpc) is 2.59. The highest BCUT2D eigenvalue weighted by atomic mass is 16.5. The number of fused-ring (bicyclic) bond motifs is 1. The van der Waals surface area contributed by atoms with Crippen LogP contribution in [-0.2, 0) is 9.59 Å². The van der Waals surface area contributed by atoms with Crippen molar-refractivity contribution in [2.24, 2.45) is 11.3 Å². The molecular weight excluding hydrogens is 316 g/mol. The molecule has 1 N–H and O–H groups in total. The largest absolute Gasteiger partial charge is 0.508 e. The van der Waals surface area contributed by atoms with Crippen molar-refractivity contribution in [2.45, 2.75) is 26.2 Å². The molecule has 0 saturated carbocycles. The highest BCUT2D eigenvalue weighted by Gasteiger charge is 2.56. The highest BCUT2D eigenvalue weighted by Crippen LogP contribution is 2.57. The number of phenols is 1. The fourth-order valence-electron chi connectivity index (χ4n) is 4.34. The van der Waals surface area contributed by atoms with Crippen molar-refractivity contribution in [2.75, 3.05) is 7.11 Å². The summed E-state index contributed by atoms with van der Waals surface area (Å²) in [6.45, 7) is 7.37. The Morgan fingerprint density at radius 3 is 2.72 bits per heavy atom. The van der Waals surface area contributed by atoms with Gasteiger partial charge in [-0.25, -0.2) is 0 Å². The molecule has 0 fully saturated rings. The summed E-state index contributed by atoms with van der Waals surface area (Å²) in [5, 5.41) is 10.6. The van der Waals surface area contributed by atoms with Crippen LogP contribution in [0.2, 0.25) is 0 Å². The summed E-state index contributed by atoms with van der Waals surface area (Å²) in [5.41, 5.74) is 0.822. The number of benzene rings is 1. The number of hydrogen-bond donors (Lipinski definition) is 1. The molecule has 0 spiro atoms. The van der Waals surface area contributed by atoms with Gasteiger partial charge in [0.25, 0.3) is 0 Å². The summed E-state index contributed by atoms with van der Waals surface area (Å²) in [5.74, 6) is -0.529. The van der Waals surface area contributed by atoms with Crippen molar-refractivity contribution in [1.29, 1.82) is 0 Å². The fraction of sp³-hybridized carbons (Fsp3) is 0.333. The van der Waals surface area contributed by atoms with E-state index in [1.807, 2.05) is 13.0 Å². The Morgan fingerprint density at radius 2 is 2.08 bits per heavy atom. The lowest BCUT2D eigenvalue weighted by Gasteiger charge is -2.47. The molecule has 0 aromatic heterocycles. The number of hydrogen-bond acceptors (Lipinski definition) is 4. The molecule has 0 amide bonds. The van der Waals surface area contributed by atoms with Gasteiger partial charge < -0.3 is 9.84 Å². The molecule has 4 nitrogen and oxygen atoms in total. The van der Waals surface area contributed by atoms with Crippen molar-refractivity contribution >= 4 is 11.6 Å². The maximum Gasteiger partial charge on any atom is 0.166 e. The predicted octanol–water partition coefficient (Wildman–Crippen LogP) is 3.72. The Balaban J connectivity index is 2.32. The standard InChI is InChI=1S/C21H22O4/c1-5-13-9-10-14-16(23)11-12(2)20(24)21(14,3)19(13)18-15(22)7-6-8-17(18)25-4/h5-9,11,14,19,22H,1,10H2,2-4H3. The monoisotopic (exact) mass is 338 g/mol. The molecule has 4 heteroatoms. The van der Waals surface area contributed by atoms with Gasteiger partial charge in [-0.05, 0) is 42.7 Å². The summed E-state index contributed by atoms with van der Waals surface area (Å²) in [6.07, 6.45) is 5.57. The number of rotatable bonds is 3.